The third kappa shape index (κ3) is 2.60. The zero-order valence-corrected chi connectivity index (χ0v) is 10.3. The average molecular weight is 235 g/mol. The quantitative estimate of drug-likeness (QED) is 0.876. The Morgan fingerprint density at radius 3 is 3.06 bits per heavy atom. The fourth-order valence-electron chi connectivity index (χ4n) is 2.33. The Bertz CT molecular complexity index is 355. The van der Waals surface area contributed by atoms with Gasteiger partial charge in [0.25, 0.3) is 0 Å². The number of thiazole rings is 1. The standard InChI is InChI=1S/C12H17N3S/c1-9(12-14-6-7-16-12)15-11-5-3-2-4-10(11)8-13/h6-7,9-11,15H,2-5H2,1H3. The average Bonchev–Trinajstić information content (AvgIpc) is 2.83. The van der Waals surface area contributed by atoms with Gasteiger partial charge in [-0.2, -0.15) is 5.26 Å². The van der Waals surface area contributed by atoms with E-state index >= 15 is 0 Å². The molecule has 0 bridgehead atoms. The maximum absolute atomic E-state index is 9.10. The normalized spacial score (nSPS) is 27.2. The van der Waals surface area contributed by atoms with Crippen molar-refractivity contribution in [2.24, 2.45) is 5.92 Å². The van der Waals surface area contributed by atoms with Crippen molar-refractivity contribution in [3.63, 3.8) is 0 Å². The molecule has 1 saturated carbocycles. The van der Waals surface area contributed by atoms with Crippen LogP contribution in [0.15, 0.2) is 11.6 Å². The molecule has 3 nitrogen and oxygen atoms in total. The van der Waals surface area contributed by atoms with Gasteiger partial charge in [-0.25, -0.2) is 4.98 Å². The Morgan fingerprint density at radius 1 is 1.56 bits per heavy atom. The fourth-order valence-corrected chi connectivity index (χ4v) is 2.98. The molecular weight excluding hydrogens is 218 g/mol. The summed E-state index contributed by atoms with van der Waals surface area (Å²) in [5.74, 6) is 0.177. The minimum Gasteiger partial charge on any atom is -0.304 e. The topological polar surface area (TPSA) is 48.7 Å². The zero-order valence-electron chi connectivity index (χ0n) is 9.52. The highest BCUT2D eigenvalue weighted by atomic mass is 32.1. The molecule has 1 aromatic rings. The first kappa shape index (κ1) is 11.6. The third-order valence-electron chi connectivity index (χ3n) is 3.22. The van der Waals surface area contributed by atoms with Gasteiger partial charge in [-0.05, 0) is 19.8 Å². The molecule has 1 heterocycles. The van der Waals surface area contributed by atoms with Crippen LogP contribution in [0.4, 0.5) is 0 Å². The number of rotatable bonds is 3. The molecule has 1 N–H and O–H groups in total. The third-order valence-corrected chi connectivity index (χ3v) is 4.18. The largest absolute Gasteiger partial charge is 0.304 e. The van der Waals surface area contributed by atoms with Gasteiger partial charge in [0.05, 0.1) is 18.0 Å². The Labute approximate surface area is 101 Å². The van der Waals surface area contributed by atoms with Crippen LogP contribution < -0.4 is 5.32 Å². The van der Waals surface area contributed by atoms with Gasteiger partial charge >= 0.3 is 0 Å². The molecule has 1 aromatic heterocycles. The Morgan fingerprint density at radius 2 is 2.38 bits per heavy atom. The second kappa shape index (κ2) is 5.42. The first-order chi connectivity index (χ1) is 7.81. The second-order valence-electron chi connectivity index (χ2n) is 4.39. The van der Waals surface area contributed by atoms with E-state index in [4.69, 9.17) is 5.26 Å². The van der Waals surface area contributed by atoms with Crippen LogP contribution in [0, 0.1) is 17.2 Å². The van der Waals surface area contributed by atoms with Crippen molar-refractivity contribution in [1.29, 1.82) is 5.26 Å². The predicted molar refractivity (Wildman–Crippen MR) is 65.0 cm³/mol. The number of hydrogen-bond acceptors (Lipinski definition) is 4. The van der Waals surface area contributed by atoms with E-state index in [0.717, 1.165) is 17.8 Å². The smallest absolute Gasteiger partial charge is 0.109 e. The van der Waals surface area contributed by atoms with Gasteiger partial charge in [0.2, 0.25) is 0 Å². The lowest BCUT2D eigenvalue weighted by atomic mass is 9.85. The Balaban J connectivity index is 1.95. The zero-order chi connectivity index (χ0) is 11.4. The number of nitriles is 1. The van der Waals surface area contributed by atoms with Gasteiger partial charge < -0.3 is 5.32 Å². The molecule has 16 heavy (non-hydrogen) atoms. The molecule has 1 aliphatic rings. The summed E-state index contributed by atoms with van der Waals surface area (Å²) in [6.07, 6.45) is 6.43. The van der Waals surface area contributed by atoms with Crippen LogP contribution in [0.25, 0.3) is 0 Å². The van der Waals surface area contributed by atoms with Crippen LogP contribution in [0.2, 0.25) is 0 Å². The van der Waals surface area contributed by atoms with Crippen LogP contribution in [0.5, 0.6) is 0 Å². The molecular formula is C12H17N3S. The van der Waals surface area contributed by atoms with E-state index < -0.39 is 0 Å². The highest BCUT2D eigenvalue weighted by Crippen LogP contribution is 2.26. The molecule has 2 rings (SSSR count). The van der Waals surface area contributed by atoms with E-state index in [1.165, 1.54) is 12.8 Å². The molecule has 86 valence electrons. The number of nitrogens with zero attached hydrogens (tertiary/aromatic N) is 2. The van der Waals surface area contributed by atoms with E-state index in [9.17, 15) is 0 Å². The van der Waals surface area contributed by atoms with Gasteiger partial charge in [0.1, 0.15) is 5.01 Å². The van der Waals surface area contributed by atoms with Crippen molar-refractivity contribution < 1.29 is 0 Å². The van der Waals surface area contributed by atoms with Crippen molar-refractivity contribution in [1.82, 2.24) is 10.3 Å². The van der Waals surface area contributed by atoms with Crippen LogP contribution in [0.3, 0.4) is 0 Å². The van der Waals surface area contributed by atoms with E-state index in [1.807, 2.05) is 11.6 Å². The van der Waals surface area contributed by atoms with Crippen LogP contribution in [0.1, 0.15) is 43.7 Å². The van der Waals surface area contributed by atoms with E-state index in [0.29, 0.717) is 6.04 Å². The SMILES string of the molecule is CC(NC1CCCCC1C#N)c1nccs1. The van der Waals surface area contributed by atoms with Crippen molar-refractivity contribution in [3.8, 4) is 6.07 Å². The molecule has 1 aliphatic carbocycles. The molecule has 0 radical (unpaired) electrons. The van der Waals surface area contributed by atoms with Crippen molar-refractivity contribution in [2.45, 2.75) is 44.7 Å². The Hall–Kier alpha value is -0.920. The minimum atomic E-state index is 0.177. The lowest BCUT2D eigenvalue weighted by Gasteiger charge is -2.29. The number of aromatic nitrogens is 1. The minimum absolute atomic E-state index is 0.177. The summed E-state index contributed by atoms with van der Waals surface area (Å²) in [5, 5.41) is 15.8. The molecule has 1 fully saturated rings. The summed E-state index contributed by atoms with van der Waals surface area (Å²) >= 11 is 1.67. The number of hydrogen-bond donors (Lipinski definition) is 1. The number of nitrogens with one attached hydrogen (secondary N) is 1. The lowest BCUT2D eigenvalue weighted by molar-refractivity contribution is 0.292. The maximum Gasteiger partial charge on any atom is 0.109 e. The summed E-state index contributed by atoms with van der Waals surface area (Å²) < 4.78 is 0. The van der Waals surface area contributed by atoms with E-state index in [1.54, 1.807) is 11.3 Å². The molecule has 0 amide bonds. The molecule has 0 saturated heterocycles. The molecule has 3 unspecified atom stereocenters. The van der Waals surface area contributed by atoms with Gasteiger partial charge in [-0.1, -0.05) is 12.8 Å². The summed E-state index contributed by atoms with van der Waals surface area (Å²) in [7, 11) is 0. The summed E-state index contributed by atoms with van der Waals surface area (Å²) in [4.78, 5) is 4.31. The van der Waals surface area contributed by atoms with Gasteiger partial charge in [-0.15, -0.1) is 11.3 Å². The highest BCUT2D eigenvalue weighted by molar-refractivity contribution is 7.09. The van der Waals surface area contributed by atoms with E-state index in [2.05, 4.69) is 23.3 Å². The predicted octanol–water partition coefficient (Wildman–Crippen LogP) is 2.88. The fraction of sp³-hybridized carbons (Fsp3) is 0.667. The molecule has 3 atom stereocenters. The lowest BCUT2D eigenvalue weighted by Crippen LogP contribution is -2.39. The molecule has 0 spiro atoms. The van der Waals surface area contributed by atoms with Gasteiger partial charge in [0.15, 0.2) is 0 Å². The van der Waals surface area contributed by atoms with Crippen molar-refractivity contribution >= 4 is 11.3 Å². The first-order valence-corrected chi connectivity index (χ1v) is 6.74. The van der Waals surface area contributed by atoms with Crippen molar-refractivity contribution in [3.05, 3.63) is 16.6 Å². The van der Waals surface area contributed by atoms with E-state index in [-0.39, 0.29) is 12.0 Å². The van der Waals surface area contributed by atoms with Crippen LogP contribution in [-0.2, 0) is 0 Å². The van der Waals surface area contributed by atoms with Crippen LogP contribution >= 0.6 is 11.3 Å². The Kier molecular flexibility index (Phi) is 3.92. The van der Waals surface area contributed by atoms with Crippen LogP contribution in [-0.4, -0.2) is 11.0 Å². The molecule has 4 heteroatoms. The summed E-state index contributed by atoms with van der Waals surface area (Å²) in [5.41, 5.74) is 0. The van der Waals surface area contributed by atoms with Crippen molar-refractivity contribution in [2.75, 3.05) is 0 Å². The second-order valence-corrected chi connectivity index (χ2v) is 5.31. The summed E-state index contributed by atoms with van der Waals surface area (Å²) in [6, 6.07) is 3.03. The summed E-state index contributed by atoms with van der Waals surface area (Å²) in [6.45, 7) is 2.13. The first-order valence-electron chi connectivity index (χ1n) is 5.86. The highest BCUT2D eigenvalue weighted by Gasteiger charge is 2.26. The molecule has 0 aromatic carbocycles. The molecule has 0 aliphatic heterocycles. The van der Waals surface area contributed by atoms with Gasteiger partial charge in [-0.3, -0.25) is 0 Å². The monoisotopic (exact) mass is 235 g/mol. The maximum atomic E-state index is 9.10. The van der Waals surface area contributed by atoms with Gasteiger partial charge in [0, 0.05) is 17.6 Å².